The van der Waals surface area contributed by atoms with Gasteiger partial charge in [-0.05, 0) is 114 Å². The van der Waals surface area contributed by atoms with Crippen molar-refractivity contribution in [1.82, 2.24) is 0 Å². The standard InChI is InChI=1S/C30H32O4/c31-8-1-9-34-28-7-6-25(23-2-3-24-14-26(29(32)33)5-4-22(24)13-23)15-27(28)30-16-19-10-20(17-30)12-21(11-19)18-30/h2-7,13-15,19-21,31H,1,8-12,16-18H2,(H,32,33). The van der Waals surface area contributed by atoms with E-state index in [1.54, 1.807) is 12.1 Å². The molecule has 0 aromatic heterocycles. The highest BCUT2D eigenvalue weighted by Crippen LogP contribution is 2.62. The van der Waals surface area contributed by atoms with Crippen LogP contribution in [0.3, 0.4) is 0 Å². The van der Waals surface area contributed by atoms with Gasteiger partial charge >= 0.3 is 5.97 Å². The second-order valence-electron chi connectivity index (χ2n) is 10.9. The molecule has 0 saturated heterocycles. The largest absolute Gasteiger partial charge is 0.493 e. The van der Waals surface area contributed by atoms with Crippen molar-refractivity contribution in [3.63, 3.8) is 0 Å². The van der Waals surface area contributed by atoms with Gasteiger partial charge in [-0.2, -0.15) is 0 Å². The SMILES string of the molecule is O=C(O)c1ccc2cc(-c3ccc(OCCCO)c(C45CC6CC(CC(C6)C4)C5)c3)ccc2c1. The Morgan fingerprint density at radius 3 is 2.15 bits per heavy atom. The fourth-order valence-electron chi connectivity index (χ4n) is 7.50. The highest BCUT2D eigenvalue weighted by molar-refractivity contribution is 5.95. The number of fused-ring (bicyclic) bond motifs is 1. The summed E-state index contributed by atoms with van der Waals surface area (Å²) in [5.41, 5.74) is 4.22. The molecule has 0 unspecified atom stereocenters. The smallest absolute Gasteiger partial charge is 0.335 e. The Labute approximate surface area is 200 Å². The van der Waals surface area contributed by atoms with Crippen molar-refractivity contribution in [3.8, 4) is 16.9 Å². The molecule has 4 nitrogen and oxygen atoms in total. The zero-order valence-corrected chi connectivity index (χ0v) is 19.5. The maximum atomic E-state index is 11.3. The molecule has 4 aliphatic carbocycles. The number of hydrogen-bond donors (Lipinski definition) is 2. The number of aliphatic hydroxyl groups excluding tert-OH is 1. The highest BCUT2D eigenvalue weighted by atomic mass is 16.5. The number of carbonyl (C=O) groups is 1. The van der Waals surface area contributed by atoms with E-state index in [1.165, 1.54) is 49.7 Å². The van der Waals surface area contributed by atoms with Crippen LogP contribution in [0.4, 0.5) is 0 Å². The Morgan fingerprint density at radius 2 is 1.47 bits per heavy atom. The van der Waals surface area contributed by atoms with Crippen LogP contribution in [0.25, 0.3) is 21.9 Å². The number of benzene rings is 3. The molecule has 2 N–H and O–H groups in total. The molecule has 7 rings (SSSR count). The first kappa shape index (κ1) is 21.7. The lowest BCUT2D eigenvalue weighted by atomic mass is 9.48. The van der Waals surface area contributed by atoms with Crippen molar-refractivity contribution in [2.45, 2.75) is 50.4 Å². The number of carboxylic acids is 1. The lowest BCUT2D eigenvalue weighted by molar-refractivity contribution is -0.00640. The first-order valence-electron chi connectivity index (χ1n) is 12.7. The van der Waals surface area contributed by atoms with Gasteiger partial charge in [0.15, 0.2) is 0 Å². The van der Waals surface area contributed by atoms with Crippen LogP contribution in [0.5, 0.6) is 5.75 Å². The van der Waals surface area contributed by atoms with Gasteiger partial charge in [-0.3, -0.25) is 0 Å². The van der Waals surface area contributed by atoms with E-state index < -0.39 is 5.97 Å². The zero-order valence-electron chi connectivity index (χ0n) is 19.5. The highest BCUT2D eigenvalue weighted by Gasteiger charge is 2.52. The minimum atomic E-state index is -0.900. The lowest BCUT2D eigenvalue weighted by Crippen LogP contribution is -2.48. The van der Waals surface area contributed by atoms with Crippen LogP contribution in [0.1, 0.15) is 60.9 Å². The van der Waals surface area contributed by atoms with Crippen LogP contribution in [0.2, 0.25) is 0 Å². The van der Waals surface area contributed by atoms with Crippen LogP contribution < -0.4 is 4.74 Å². The third-order valence-corrected chi connectivity index (χ3v) is 8.57. The second kappa shape index (κ2) is 8.42. The summed E-state index contributed by atoms with van der Waals surface area (Å²) in [4.78, 5) is 11.3. The van der Waals surface area contributed by atoms with Gasteiger partial charge in [-0.1, -0.05) is 24.3 Å². The van der Waals surface area contributed by atoms with Gasteiger partial charge in [0.05, 0.1) is 12.2 Å². The van der Waals surface area contributed by atoms with E-state index in [0.717, 1.165) is 39.8 Å². The Morgan fingerprint density at radius 1 is 0.853 bits per heavy atom. The zero-order chi connectivity index (χ0) is 23.3. The maximum Gasteiger partial charge on any atom is 0.335 e. The summed E-state index contributed by atoms with van der Waals surface area (Å²) in [6, 6.07) is 18.2. The fourth-order valence-corrected chi connectivity index (χ4v) is 7.50. The molecule has 4 heteroatoms. The van der Waals surface area contributed by atoms with Crippen molar-refractivity contribution < 1.29 is 19.7 Å². The van der Waals surface area contributed by atoms with Gasteiger partial charge in [0, 0.05) is 18.6 Å². The number of rotatable bonds is 7. The molecule has 34 heavy (non-hydrogen) atoms. The van der Waals surface area contributed by atoms with Crippen molar-refractivity contribution in [2.24, 2.45) is 17.8 Å². The molecule has 0 atom stereocenters. The molecule has 4 fully saturated rings. The van der Waals surface area contributed by atoms with Crippen LogP contribution in [-0.2, 0) is 5.41 Å². The average molecular weight is 457 g/mol. The third kappa shape index (κ3) is 3.78. The number of aromatic carboxylic acids is 1. The van der Waals surface area contributed by atoms with Gasteiger partial charge in [0.2, 0.25) is 0 Å². The summed E-state index contributed by atoms with van der Waals surface area (Å²) in [5, 5.41) is 20.5. The van der Waals surface area contributed by atoms with E-state index >= 15 is 0 Å². The van der Waals surface area contributed by atoms with Crippen molar-refractivity contribution in [3.05, 3.63) is 65.7 Å². The summed E-state index contributed by atoms with van der Waals surface area (Å²) in [6.07, 6.45) is 8.68. The first-order valence-corrected chi connectivity index (χ1v) is 12.7. The predicted octanol–water partition coefficient (Wildman–Crippen LogP) is 6.43. The molecule has 0 aliphatic heterocycles. The third-order valence-electron chi connectivity index (χ3n) is 8.57. The molecule has 0 radical (unpaired) electrons. The van der Waals surface area contributed by atoms with E-state index in [-0.39, 0.29) is 12.0 Å². The summed E-state index contributed by atoms with van der Waals surface area (Å²) in [7, 11) is 0. The summed E-state index contributed by atoms with van der Waals surface area (Å²) < 4.78 is 6.25. The fraction of sp³-hybridized carbons (Fsp3) is 0.433. The molecule has 3 aromatic carbocycles. The van der Waals surface area contributed by atoms with E-state index in [4.69, 9.17) is 4.74 Å². The normalized spacial score (nSPS) is 27.3. The molecule has 0 heterocycles. The molecule has 3 aromatic rings. The second-order valence-corrected chi connectivity index (χ2v) is 10.9. The van der Waals surface area contributed by atoms with Crippen molar-refractivity contribution in [2.75, 3.05) is 13.2 Å². The number of hydrogen-bond acceptors (Lipinski definition) is 3. The van der Waals surface area contributed by atoms with E-state index in [2.05, 4.69) is 30.3 Å². The Bertz CT molecular complexity index is 1210. The number of aliphatic hydroxyl groups is 1. The number of ether oxygens (including phenoxy) is 1. The molecule has 4 aliphatic rings. The minimum Gasteiger partial charge on any atom is -0.493 e. The van der Waals surface area contributed by atoms with Crippen LogP contribution >= 0.6 is 0 Å². The van der Waals surface area contributed by atoms with Gasteiger partial charge in [-0.15, -0.1) is 0 Å². The monoisotopic (exact) mass is 456 g/mol. The Hall–Kier alpha value is -2.85. The summed E-state index contributed by atoms with van der Waals surface area (Å²) >= 11 is 0. The van der Waals surface area contributed by atoms with Gasteiger partial charge in [0.1, 0.15) is 5.75 Å². The molecule has 0 spiro atoms. The quantitative estimate of drug-likeness (QED) is 0.402. The number of carboxylic acid groups (broad SMARTS) is 1. The van der Waals surface area contributed by atoms with Gasteiger partial charge < -0.3 is 14.9 Å². The molecule has 4 saturated carbocycles. The minimum absolute atomic E-state index is 0.144. The average Bonchev–Trinajstić information content (AvgIpc) is 2.83. The molecule has 0 amide bonds. The summed E-state index contributed by atoms with van der Waals surface area (Å²) in [5.74, 6) is 2.65. The van der Waals surface area contributed by atoms with E-state index in [0.29, 0.717) is 18.6 Å². The Kier molecular flexibility index (Phi) is 5.37. The molecular formula is C30H32O4. The topological polar surface area (TPSA) is 66.8 Å². The van der Waals surface area contributed by atoms with Crippen molar-refractivity contribution >= 4 is 16.7 Å². The molecule has 4 bridgehead atoms. The maximum absolute atomic E-state index is 11.3. The lowest BCUT2D eigenvalue weighted by Gasteiger charge is -2.57. The van der Waals surface area contributed by atoms with E-state index in [1.807, 2.05) is 12.1 Å². The Balaban J connectivity index is 1.41. The molecular weight excluding hydrogens is 424 g/mol. The van der Waals surface area contributed by atoms with Gasteiger partial charge in [-0.25, -0.2) is 4.79 Å². The molecule has 176 valence electrons. The van der Waals surface area contributed by atoms with Crippen molar-refractivity contribution in [1.29, 1.82) is 0 Å². The predicted molar refractivity (Wildman–Crippen MR) is 133 cm³/mol. The van der Waals surface area contributed by atoms with Crippen LogP contribution in [0.15, 0.2) is 54.6 Å². The van der Waals surface area contributed by atoms with Crippen LogP contribution in [0, 0.1) is 17.8 Å². The van der Waals surface area contributed by atoms with Gasteiger partial charge in [0.25, 0.3) is 0 Å². The van der Waals surface area contributed by atoms with E-state index in [9.17, 15) is 15.0 Å². The van der Waals surface area contributed by atoms with Crippen LogP contribution in [-0.4, -0.2) is 29.4 Å². The summed E-state index contributed by atoms with van der Waals surface area (Å²) in [6.45, 7) is 0.683. The first-order chi connectivity index (χ1) is 16.5.